The molecule has 1 aliphatic heterocycles. The highest BCUT2D eigenvalue weighted by Crippen LogP contribution is 2.32. The quantitative estimate of drug-likeness (QED) is 0.294. The summed E-state index contributed by atoms with van der Waals surface area (Å²) >= 11 is 1.62. The number of nitrogens with two attached hydrogens (primary N) is 1. The van der Waals surface area contributed by atoms with Crippen LogP contribution in [0, 0.1) is 5.92 Å². The number of anilines is 1. The molecule has 1 heterocycles. The van der Waals surface area contributed by atoms with Crippen LogP contribution in [-0.4, -0.2) is 30.4 Å². The van der Waals surface area contributed by atoms with Crippen molar-refractivity contribution in [3.05, 3.63) is 23.8 Å². The summed E-state index contributed by atoms with van der Waals surface area (Å²) in [6.45, 7) is 4.35. The summed E-state index contributed by atoms with van der Waals surface area (Å²) in [5.74, 6) is 1.03. The Balaban J connectivity index is 2.32. The Morgan fingerprint density at radius 3 is 2.70 bits per heavy atom. The molecule has 1 fully saturated rings. The van der Waals surface area contributed by atoms with Gasteiger partial charge in [-0.2, -0.15) is 0 Å². The molecule has 0 spiro atoms. The Hall–Kier alpha value is -1.36. The van der Waals surface area contributed by atoms with Gasteiger partial charge in [0, 0.05) is 23.7 Å². The first-order chi connectivity index (χ1) is 9.71. The fraction of sp³-hybridized carbons (Fsp3) is 0.533. The summed E-state index contributed by atoms with van der Waals surface area (Å²) in [5.41, 5.74) is 7.84. The molecule has 0 amide bonds. The van der Waals surface area contributed by atoms with E-state index in [0.29, 0.717) is 0 Å². The lowest BCUT2D eigenvalue weighted by Gasteiger charge is -2.34. The molecule has 0 saturated carbocycles. The Bertz CT molecular complexity index is 482. The number of piperidine rings is 1. The number of oxime groups is 1. The normalized spacial score (nSPS) is 17.5. The first kappa shape index (κ1) is 15.0. The van der Waals surface area contributed by atoms with E-state index in [9.17, 15) is 0 Å². The third kappa shape index (κ3) is 3.03. The average molecular weight is 293 g/mol. The van der Waals surface area contributed by atoms with E-state index in [1.165, 1.54) is 19.3 Å². The van der Waals surface area contributed by atoms with Crippen LogP contribution in [0.4, 0.5) is 5.69 Å². The zero-order valence-electron chi connectivity index (χ0n) is 12.2. The van der Waals surface area contributed by atoms with Crippen molar-refractivity contribution in [2.45, 2.75) is 31.1 Å². The second-order valence-electron chi connectivity index (χ2n) is 5.18. The Kier molecular flexibility index (Phi) is 5.17. The fourth-order valence-electron chi connectivity index (χ4n) is 2.84. The standard InChI is InChI=1S/C15H23N3OS/c1-3-11-7-9-18(10-8-11)12-5-4-6-13(20-2)14(12)15(16)17-19/h4-6,11,19H,3,7-10H2,1-2H3,(H2,16,17). The summed E-state index contributed by atoms with van der Waals surface area (Å²) in [5, 5.41) is 12.3. The van der Waals surface area contributed by atoms with Crippen LogP contribution in [0.5, 0.6) is 0 Å². The van der Waals surface area contributed by atoms with Crippen LogP contribution < -0.4 is 10.6 Å². The van der Waals surface area contributed by atoms with E-state index in [1.807, 2.05) is 18.4 Å². The number of nitrogens with zero attached hydrogens (tertiary/aromatic N) is 2. The summed E-state index contributed by atoms with van der Waals surface area (Å²) in [6, 6.07) is 6.13. The monoisotopic (exact) mass is 293 g/mol. The Morgan fingerprint density at radius 2 is 2.15 bits per heavy atom. The molecule has 1 aromatic carbocycles. The van der Waals surface area contributed by atoms with E-state index in [2.05, 4.69) is 23.0 Å². The number of amidine groups is 1. The largest absolute Gasteiger partial charge is 0.409 e. The lowest BCUT2D eigenvalue weighted by atomic mass is 9.93. The second-order valence-corrected chi connectivity index (χ2v) is 6.03. The van der Waals surface area contributed by atoms with Crippen molar-refractivity contribution >= 4 is 23.3 Å². The average Bonchev–Trinajstić information content (AvgIpc) is 2.53. The first-order valence-corrected chi connectivity index (χ1v) is 8.33. The molecule has 4 nitrogen and oxygen atoms in total. The number of benzene rings is 1. The molecule has 0 unspecified atom stereocenters. The van der Waals surface area contributed by atoms with Gasteiger partial charge in [-0.05, 0) is 37.1 Å². The minimum atomic E-state index is 0.197. The van der Waals surface area contributed by atoms with E-state index >= 15 is 0 Å². The molecule has 2 rings (SSSR count). The van der Waals surface area contributed by atoms with Crippen molar-refractivity contribution in [3.8, 4) is 0 Å². The van der Waals surface area contributed by atoms with Crippen molar-refractivity contribution in [2.75, 3.05) is 24.2 Å². The van der Waals surface area contributed by atoms with Gasteiger partial charge in [-0.3, -0.25) is 0 Å². The topological polar surface area (TPSA) is 61.8 Å². The van der Waals surface area contributed by atoms with Crippen molar-refractivity contribution in [3.63, 3.8) is 0 Å². The highest BCUT2D eigenvalue weighted by molar-refractivity contribution is 7.98. The molecule has 0 bridgehead atoms. The summed E-state index contributed by atoms with van der Waals surface area (Å²) in [4.78, 5) is 3.41. The number of rotatable bonds is 4. The maximum atomic E-state index is 9.05. The molecule has 0 aromatic heterocycles. The molecule has 0 radical (unpaired) electrons. The van der Waals surface area contributed by atoms with Gasteiger partial charge in [0.2, 0.25) is 0 Å². The molecule has 0 aliphatic carbocycles. The van der Waals surface area contributed by atoms with E-state index in [4.69, 9.17) is 10.9 Å². The highest BCUT2D eigenvalue weighted by Gasteiger charge is 2.22. The van der Waals surface area contributed by atoms with E-state index < -0.39 is 0 Å². The minimum absolute atomic E-state index is 0.197. The summed E-state index contributed by atoms with van der Waals surface area (Å²) in [7, 11) is 0. The van der Waals surface area contributed by atoms with E-state index in [-0.39, 0.29) is 5.84 Å². The van der Waals surface area contributed by atoms with Crippen LogP contribution in [0.25, 0.3) is 0 Å². The molecule has 5 heteroatoms. The van der Waals surface area contributed by atoms with Crippen LogP contribution in [0.1, 0.15) is 31.7 Å². The van der Waals surface area contributed by atoms with Crippen molar-refractivity contribution in [1.82, 2.24) is 0 Å². The molecular formula is C15H23N3OS. The molecule has 0 atom stereocenters. The van der Waals surface area contributed by atoms with Gasteiger partial charge in [0.1, 0.15) is 0 Å². The lowest BCUT2D eigenvalue weighted by molar-refractivity contribution is 0.318. The lowest BCUT2D eigenvalue weighted by Crippen LogP contribution is -2.35. The minimum Gasteiger partial charge on any atom is -0.409 e. The zero-order chi connectivity index (χ0) is 14.5. The zero-order valence-corrected chi connectivity index (χ0v) is 13.0. The van der Waals surface area contributed by atoms with Gasteiger partial charge in [-0.1, -0.05) is 24.6 Å². The van der Waals surface area contributed by atoms with Gasteiger partial charge in [-0.25, -0.2) is 0 Å². The van der Waals surface area contributed by atoms with Gasteiger partial charge < -0.3 is 15.8 Å². The van der Waals surface area contributed by atoms with Gasteiger partial charge in [0.05, 0.1) is 5.56 Å². The van der Waals surface area contributed by atoms with Gasteiger partial charge in [-0.15, -0.1) is 11.8 Å². The Morgan fingerprint density at radius 1 is 1.45 bits per heavy atom. The van der Waals surface area contributed by atoms with Crippen LogP contribution in [0.3, 0.4) is 0 Å². The third-order valence-corrected chi connectivity index (χ3v) is 4.90. The fourth-order valence-corrected chi connectivity index (χ4v) is 3.47. The van der Waals surface area contributed by atoms with E-state index in [1.54, 1.807) is 11.8 Å². The first-order valence-electron chi connectivity index (χ1n) is 7.11. The molecule has 110 valence electrons. The van der Waals surface area contributed by atoms with Crippen LogP contribution in [0.15, 0.2) is 28.3 Å². The maximum Gasteiger partial charge on any atom is 0.173 e. The van der Waals surface area contributed by atoms with E-state index in [0.717, 1.165) is 35.2 Å². The predicted octanol–water partition coefficient (Wildman–Crippen LogP) is 3.13. The number of thioether (sulfide) groups is 1. The third-order valence-electron chi connectivity index (χ3n) is 4.12. The molecule has 1 saturated heterocycles. The van der Waals surface area contributed by atoms with Crippen molar-refractivity contribution < 1.29 is 5.21 Å². The van der Waals surface area contributed by atoms with Crippen molar-refractivity contribution in [1.29, 1.82) is 0 Å². The van der Waals surface area contributed by atoms with Crippen molar-refractivity contribution in [2.24, 2.45) is 16.8 Å². The Labute approximate surface area is 125 Å². The predicted molar refractivity (Wildman–Crippen MR) is 86.0 cm³/mol. The number of hydrogen-bond acceptors (Lipinski definition) is 4. The van der Waals surface area contributed by atoms with Crippen LogP contribution in [0.2, 0.25) is 0 Å². The molecule has 1 aromatic rings. The highest BCUT2D eigenvalue weighted by atomic mass is 32.2. The second kappa shape index (κ2) is 6.88. The molecule has 20 heavy (non-hydrogen) atoms. The molecule has 1 aliphatic rings. The van der Waals surface area contributed by atoms with Gasteiger partial charge in [0.15, 0.2) is 5.84 Å². The molecular weight excluding hydrogens is 270 g/mol. The maximum absolute atomic E-state index is 9.05. The smallest absolute Gasteiger partial charge is 0.173 e. The summed E-state index contributed by atoms with van der Waals surface area (Å²) < 4.78 is 0. The van der Waals surface area contributed by atoms with Crippen LogP contribution >= 0.6 is 11.8 Å². The summed E-state index contributed by atoms with van der Waals surface area (Å²) in [6.07, 6.45) is 5.70. The SMILES string of the molecule is CCC1CCN(c2cccc(SC)c2/C(N)=N/O)CC1. The van der Waals surface area contributed by atoms with Crippen LogP contribution in [-0.2, 0) is 0 Å². The number of hydrogen-bond donors (Lipinski definition) is 2. The van der Waals surface area contributed by atoms with Gasteiger partial charge in [0.25, 0.3) is 0 Å². The van der Waals surface area contributed by atoms with Gasteiger partial charge >= 0.3 is 0 Å². The molecule has 3 N–H and O–H groups in total.